The molecule has 1 heterocycles. The van der Waals surface area contributed by atoms with Crippen LogP contribution in [0.3, 0.4) is 0 Å². The normalized spacial score (nSPS) is 13.7. The molecule has 1 aliphatic rings. The number of methoxy groups -OCH3 is 1. The van der Waals surface area contributed by atoms with Crippen molar-refractivity contribution >= 4 is 11.5 Å². The number of hydrogen-bond donors (Lipinski definition) is 0. The van der Waals surface area contributed by atoms with Crippen LogP contribution in [-0.2, 0) is 6.42 Å². The highest BCUT2D eigenvalue weighted by atomic mass is 16.5. The molecule has 0 saturated heterocycles. The SMILES string of the molecule is COc1ccc(C(=O)CN2CCCc3ccccc32)cc1. The van der Waals surface area contributed by atoms with Crippen molar-refractivity contribution in [2.75, 3.05) is 25.1 Å². The third-order valence-electron chi connectivity index (χ3n) is 3.95. The molecule has 0 aliphatic carbocycles. The summed E-state index contributed by atoms with van der Waals surface area (Å²) >= 11 is 0. The first-order valence-corrected chi connectivity index (χ1v) is 7.28. The molecule has 3 nitrogen and oxygen atoms in total. The van der Waals surface area contributed by atoms with Gasteiger partial charge < -0.3 is 9.64 Å². The number of nitrogens with zero attached hydrogens (tertiary/aromatic N) is 1. The van der Waals surface area contributed by atoms with Crippen molar-refractivity contribution in [3.63, 3.8) is 0 Å². The van der Waals surface area contributed by atoms with Gasteiger partial charge >= 0.3 is 0 Å². The molecule has 0 unspecified atom stereocenters. The fourth-order valence-electron chi connectivity index (χ4n) is 2.82. The van der Waals surface area contributed by atoms with Crippen LogP contribution in [-0.4, -0.2) is 26.0 Å². The molecule has 0 aromatic heterocycles. The standard InChI is InChI=1S/C18H19NO2/c1-21-16-10-8-15(9-11-16)18(20)13-19-12-4-6-14-5-2-3-7-17(14)19/h2-3,5,7-11H,4,6,12-13H2,1H3. The minimum Gasteiger partial charge on any atom is -0.497 e. The van der Waals surface area contributed by atoms with Gasteiger partial charge in [-0.2, -0.15) is 0 Å². The van der Waals surface area contributed by atoms with Gasteiger partial charge in [0.05, 0.1) is 13.7 Å². The highest BCUT2D eigenvalue weighted by Gasteiger charge is 2.19. The molecule has 0 saturated carbocycles. The Kier molecular flexibility index (Phi) is 3.91. The summed E-state index contributed by atoms with van der Waals surface area (Å²) in [6.07, 6.45) is 2.20. The summed E-state index contributed by atoms with van der Waals surface area (Å²) in [6.45, 7) is 1.38. The Morgan fingerprint density at radius 2 is 1.90 bits per heavy atom. The van der Waals surface area contributed by atoms with Gasteiger partial charge in [-0.25, -0.2) is 0 Å². The molecule has 0 radical (unpaired) electrons. The van der Waals surface area contributed by atoms with E-state index >= 15 is 0 Å². The summed E-state index contributed by atoms with van der Waals surface area (Å²) in [5.74, 6) is 0.921. The Morgan fingerprint density at radius 1 is 1.14 bits per heavy atom. The molecule has 108 valence electrons. The lowest BCUT2D eigenvalue weighted by molar-refractivity contribution is 0.0998. The van der Waals surface area contributed by atoms with E-state index in [-0.39, 0.29) is 5.78 Å². The zero-order valence-corrected chi connectivity index (χ0v) is 12.2. The van der Waals surface area contributed by atoms with Gasteiger partial charge in [-0.15, -0.1) is 0 Å². The van der Waals surface area contributed by atoms with Crippen LogP contribution in [0.4, 0.5) is 5.69 Å². The molecule has 0 atom stereocenters. The van der Waals surface area contributed by atoms with Crippen molar-refractivity contribution in [3.8, 4) is 5.75 Å². The van der Waals surface area contributed by atoms with Crippen LogP contribution in [0.25, 0.3) is 0 Å². The number of fused-ring (bicyclic) bond motifs is 1. The number of carbonyl (C=O) groups is 1. The average molecular weight is 281 g/mol. The van der Waals surface area contributed by atoms with Gasteiger partial charge in [0.2, 0.25) is 0 Å². The van der Waals surface area contributed by atoms with Crippen molar-refractivity contribution in [1.82, 2.24) is 0 Å². The maximum Gasteiger partial charge on any atom is 0.182 e. The van der Waals surface area contributed by atoms with E-state index in [1.165, 1.54) is 11.3 Å². The summed E-state index contributed by atoms with van der Waals surface area (Å²) in [6, 6.07) is 15.7. The Labute approximate surface area is 125 Å². The van der Waals surface area contributed by atoms with E-state index in [1.807, 2.05) is 30.3 Å². The lowest BCUT2D eigenvalue weighted by Gasteiger charge is -2.30. The third kappa shape index (κ3) is 2.92. The first kappa shape index (κ1) is 13.7. The lowest BCUT2D eigenvalue weighted by Crippen LogP contribution is -2.34. The molecule has 1 aliphatic heterocycles. The van der Waals surface area contributed by atoms with Crippen LogP contribution in [0.5, 0.6) is 5.75 Å². The summed E-state index contributed by atoms with van der Waals surface area (Å²) in [5, 5.41) is 0. The maximum absolute atomic E-state index is 12.4. The Bertz CT molecular complexity index is 634. The zero-order valence-electron chi connectivity index (χ0n) is 12.2. The molecule has 3 rings (SSSR count). The first-order chi connectivity index (χ1) is 10.3. The largest absolute Gasteiger partial charge is 0.497 e. The van der Waals surface area contributed by atoms with E-state index < -0.39 is 0 Å². The Hall–Kier alpha value is -2.29. The maximum atomic E-state index is 12.4. The fourth-order valence-corrected chi connectivity index (χ4v) is 2.82. The minimum absolute atomic E-state index is 0.148. The number of benzene rings is 2. The molecule has 0 N–H and O–H groups in total. The van der Waals surface area contributed by atoms with E-state index in [4.69, 9.17) is 4.74 Å². The van der Waals surface area contributed by atoms with Crippen molar-refractivity contribution in [1.29, 1.82) is 0 Å². The van der Waals surface area contributed by atoms with Gasteiger partial charge in [0.1, 0.15) is 5.75 Å². The highest BCUT2D eigenvalue weighted by molar-refractivity contribution is 5.99. The van der Waals surface area contributed by atoms with E-state index in [1.54, 1.807) is 7.11 Å². The number of rotatable bonds is 4. The highest BCUT2D eigenvalue weighted by Crippen LogP contribution is 2.26. The van der Waals surface area contributed by atoms with Crippen LogP contribution in [0.2, 0.25) is 0 Å². The van der Waals surface area contributed by atoms with Crippen LogP contribution >= 0.6 is 0 Å². The van der Waals surface area contributed by atoms with Gasteiger partial charge in [0.25, 0.3) is 0 Å². The Balaban J connectivity index is 1.76. The summed E-state index contributed by atoms with van der Waals surface area (Å²) in [7, 11) is 1.63. The van der Waals surface area contributed by atoms with E-state index in [0.29, 0.717) is 6.54 Å². The fraction of sp³-hybridized carbons (Fsp3) is 0.278. The Morgan fingerprint density at radius 3 is 2.67 bits per heavy atom. The number of Topliss-reactive ketones (excluding diaryl/α,β-unsaturated/α-hetero) is 1. The second kappa shape index (κ2) is 6.00. The number of carbonyl (C=O) groups excluding carboxylic acids is 1. The second-order valence-electron chi connectivity index (χ2n) is 5.31. The predicted octanol–water partition coefficient (Wildman–Crippen LogP) is 3.33. The molecule has 0 spiro atoms. The number of para-hydroxylation sites is 1. The smallest absolute Gasteiger partial charge is 0.182 e. The quantitative estimate of drug-likeness (QED) is 0.805. The molecule has 21 heavy (non-hydrogen) atoms. The van der Waals surface area contributed by atoms with Crippen LogP contribution in [0, 0.1) is 0 Å². The van der Waals surface area contributed by atoms with Crippen LogP contribution in [0.1, 0.15) is 22.3 Å². The van der Waals surface area contributed by atoms with E-state index in [9.17, 15) is 4.79 Å². The van der Waals surface area contributed by atoms with Gasteiger partial charge in [-0.3, -0.25) is 4.79 Å². The molecule has 2 aromatic carbocycles. The van der Waals surface area contributed by atoms with Gasteiger partial charge in [-0.05, 0) is 48.7 Å². The van der Waals surface area contributed by atoms with E-state index in [2.05, 4.69) is 23.1 Å². The molecular formula is C18H19NO2. The first-order valence-electron chi connectivity index (χ1n) is 7.28. The van der Waals surface area contributed by atoms with Gasteiger partial charge in [0.15, 0.2) is 5.78 Å². The van der Waals surface area contributed by atoms with E-state index in [0.717, 1.165) is 30.7 Å². The lowest BCUT2D eigenvalue weighted by atomic mass is 10.0. The zero-order chi connectivity index (χ0) is 14.7. The van der Waals surface area contributed by atoms with Crippen molar-refractivity contribution < 1.29 is 9.53 Å². The number of ketones is 1. The number of hydrogen-bond acceptors (Lipinski definition) is 3. The number of anilines is 1. The molecule has 0 amide bonds. The molecule has 2 aromatic rings. The third-order valence-corrected chi connectivity index (χ3v) is 3.95. The number of aryl methyl sites for hydroxylation is 1. The summed E-state index contributed by atoms with van der Waals surface area (Å²) in [5.41, 5.74) is 3.27. The van der Waals surface area contributed by atoms with Crippen molar-refractivity contribution in [3.05, 3.63) is 59.7 Å². The van der Waals surface area contributed by atoms with Crippen molar-refractivity contribution in [2.45, 2.75) is 12.8 Å². The molecule has 0 bridgehead atoms. The van der Waals surface area contributed by atoms with Crippen LogP contribution in [0.15, 0.2) is 48.5 Å². The monoisotopic (exact) mass is 281 g/mol. The number of ether oxygens (including phenoxy) is 1. The van der Waals surface area contributed by atoms with Crippen molar-refractivity contribution in [2.24, 2.45) is 0 Å². The summed E-state index contributed by atoms with van der Waals surface area (Å²) in [4.78, 5) is 14.6. The molecule has 0 fully saturated rings. The van der Waals surface area contributed by atoms with Crippen LogP contribution < -0.4 is 9.64 Å². The molecule has 3 heteroatoms. The average Bonchev–Trinajstić information content (AvgIpc) is 2.55. The second-order valence-corrected chi connectivity index (χ2v) is 5.31. The van der Waals surface area contributed by atoms with Gasteiger partial charge in [-0.1, -0.05) is 18.2 Å². The predicted molar refractivity (Wildman–Crippen MR) is 84.3 cm³/mol. The topological polar surface area (TPSA) is 29.5 Å². The molecular weight excluding hydrogens is 262 g/mol. The summed E-state index contributed by atoms with van der Waals surface area (Å²) < 4.78 is 5.12. The minimum atomic E-state index is 0.148. The van der Waals surface area contributed by atoms with Gasteiger partial charge in [0, 0.05) is 17.8 Å².